The van der Waals surface area contributed by atoms with Crippen molar-refractivity contribution < 1.29 is 18.7 Å². The largest absolute Gasteiger partial charge is 0.483 e. The van der Waals surface area contributed by atoms with E-state index < -0.39 is 11.9 Å². The second-order valence-corrected chi connectivity index (χ2v) is 9.95. The summed E-state index contributed by atoms with van der Waals surface area (Å²) in [5.41, 5.74) is 4.30. The zero-order valence-corrected chi connectivity index (χ0v) is 22.4. The summed E-state index contributed by atoms with van der Waals surface area (Å²) >= 11 is 0. The van der Waals surface area contributed by atoms with Crippen LogP contribution in [-0.2, 0) is 22.6 Å². The maximum Gasteiger partial charge on any atom is 0.261 e. The molecule has 196 valence electrons. The first-order valence-corrected chi connectivity index (χ1v) is 12.7. The number of ether oxygens (including phenoxy) is 1. The van der Waals surface area contributed by atoms with Crippen LogP contribution in [0.1, 0.15) is 41.7 Å². The van der Waals surface area contributed by atoms with Gasteiger partial charge in [0, 0.05) is 25.1 Å². The number of benzene rings is 3. The van der Waals surface area contributed by atoms with Crippen molar-refractivity contribution >= 4 is 11.8 Å². The van der Waals surface area contributed by atoms with Gasteiger partial charge in [-0.05, 0) is 61.1 Å². The summed E-state index contributed by atoms with van der Waals surface area (Å²) < 4.78 is 20.7. The number of rotatable bonds is 11. The lowest BCUT2D eigenvalue weighted by atomic mass is 10.0. The number of nitrogens with one attached hydrogen (secondary N) is 1. The van der Waals surface area contributed by atoms with Crippen LogP contribution in [-0.4, -0.2) is 35.9 Å². The van der Waals surface area contributed by atoms with Crippen molar-refractivity contribution in [1.29, 1.82) is 0 Å². The van der Waals surface area contributed by atoms with Gasteiger partial charge in [-0.15, -0.1) is 0 Å². The van der Waals surface area contributed by atoms with Crippen LogP contribution in [0, 0.1) is 32.5 Å². The number of hydrogen-bond acceptors (Lipinski definition) is 3. The van der Waals surface area contributed by atoms with Crippen LogP contribution in [0.2, 0.25) is 0 Å². The number of halogens is 1. The van der Waals surface area contributed by atoms with Crippen LogP contribution in [0.4, 0.5) is 4.39 Å². The zero-order chi connectivity index (χ0) is 26.9. The summed E-state index contributed by atoms with van der Waals surface area (Å²) in [4.78, 5) is 28.6. The highest BCUT2D eigenvalue weighted by Crippen LogP contribution is 2.24. The van der Waals surface area contributed by atoms with E-state index >= 15 is 0 Å². The number of hydrogen-bond donors (Lipinski definition) is 1. The fourth-order valence-electron chi connectivity index (χ4n) is 4.16. The maximum absolute atomic E-state index is 14.7. The van der Waals surface area contributed by atoms with Crippen molar-refractivity contribution in [2.45, 2.75) is 53.6 Å². The van der Waals surface area contributed by atoms with E-state index in [0.29, 0.717) is 24.3 Å². The van der Waals surface area contributed by atoms with E-state index in [1.54, 1.807) is 18.2 Å². The third-order valence-corrected chi connectivity index (χ3v) is 6.37. The molecule has 37 heavy (non-hydrogen) atoms. The molecular weight excluding hydrogens is 467 g/mol. The summed E-state index contributed by atoms with van der Waals surface area (Å²) in [6.07, 6.45) is 0.299. The average Bonchev–Trinajstić information content (AvgIpc) is 2.87. The summed E-state index contributed by atoms with van der Waals surface area (Å²) in [5.74, 6) is -0.215. The lowest BCUT2D eigenvalue weighted by Crippen LogP contribution is -2.52. The minimum absolute atomic E-state index is 0.0483. The second kappa shape index (κ2) is 13.0. The van der Waals surface area contributed by atoms with E-state index in [1.165, 1.54) is 11.0 Å². The van der Waals surface area contributed by atoms with Crippen molar-refractivity contribution in [3.05, 3.63) is 100 Å². The molecule has 0 heterocycles. The van der Waals surface area contributed by atoms with Crippen molar-refractivity contribution in [3.8, 4) is 5.75 Å². The SMILES string of the molecule is Cc1cc(C)c(C)c(OCC(=O)N(Cc2ccccc2F)[C@@H](Cc2ccccc2)C(=O)NCC(C)C)c1. The minimum atomic E-state index is -0.836. The van der Waals surface area contributed by atoms with Gasteiger partial charge in [0.15, 0.2) is 6.61 Å². The summed E-state index contributed by atoms with van der Waals surface area (Å²) in [6.45, 7) is 10.1. The van der Waals surface area contributed by atoms with Crippen LogP contribution in [0.3, 0.4) is 0 Å². The van der Waals surface area contributed by atoms with Gasteiger partial charge in [0.25, 0.3) is 5.91 Å². The summed E-state index contributed by atoms with van der Waals surface area (Å²) in [5, 5.41) is 2.97. The summed E-state index contributed by atoms with van der Waals surface area (Å²) in [7, 11) is 0. The molecule has 0 saturated heterocycles. The highest BCUT2D eigenvalue weighted by atomic mass is 19.1. The Balaban J connectivity index is 1.94. The monoisotopic (exact) mass is 504 g/mol. The first-order chi connectivity index (χ1) is 17.7. The van der Waals surface area contributed by atoms with E-state index in [-0.39, 0.29) is 30.9 Å². The number of amides is 2. The molecule has 0 aliphatic carbocycles. The first-order valence-electron chi connectivity index (χ1n) is 12.7. The van der Waals surface area contributed by atoms with Gasteiger partial charge in [-0.3, -0.25) is 9.59 Å². The Kier molecular flexibility index (Phi) is 9.84. The molecule has 0 fully saturated rings. The van der Waals surface area contributed by atoms with E-state index in [4.69, 9.17) is 4.74 Å². The zero-order valence-electron chi connectivity index (χ0n) is 22.4. The van der Waals surface area contributed by atoms with Crippen molar-refractivity contribution in [2.24, 2.45) is 5.92 Å². The number of aryl methyl sites for hydroxylation is 2. The molecule has 0 aliphatic heterocycles. The molecule has 3 aromatic carbocycles. The Labute approximate surface area is 219 Å². The van der Waals surface area contributed by atoms with E-state index in [9.17, 15) is 14.0 Å². The Bertz CT molecular complexity index is 1210. The molecule has 2 amide bonds. The Hall–Kier alpha value is -3.67. The lowest BCUT2D eigenvalue weighted by molar-refractivity contribution is -0.142. The van der Waals surface area contributed by atoms with Crippen molar-refractivity contribution in [2.75, 3.05) is 13.2 Å². The highest BCUT2D eigenvalue weighted by molar-refractivity contribution is 5.88. The molecule has 0 aliphatic rings. The summed E-state index contributed by atoms with van der Waals surface area (Å²) in [6, 6.07) is 19.0. The van der Waals surface area contributed by atoms with E-state index in [1.807, 2.05) is 71.0 Å². The molecule has 3 rings (SSSR count). The van der Waals surface area contributed by atoms with Crippen LogP contribution in [0.5, 0.6) is 5.75 Å². The molecule has 0 bridgehead atoms. The lowest BCUT2D eigenvalue weighted by Gasteiger charge is -2.32. The average molecular weight is 505 g/mol. The molecule has 0 unspecified atom stereocenters. The second-order valence-electron chi connectivity index (χ2n) is 9.95. The minimum Gasteiger partial charge on any atom is -0.483 e. The van der Waals surface area contributed by atoms with Crippen LogP contribution >= 0.6 is 0 Å². The van der Waals surface area contributed by atoms with Gasteiger partial charge in [-0.25, -0.2) is 4.39 Å². The van der Waals surface area contributed by atoms with Crippen molar-refractivity contribution in [1.82, 2.24) is 10.2 Å². The van der Waals surface area contributed by atoms with Gasteiger partial charge >= 0.3 is 0 Å². The maximum atomic E-state index is 14.7. The molecular formula is C31H37FN2O3. The smallest absolute Gasteiger partial charge is 0.261 e. The van der Waals surface area contributed by atoms with Gasteiger partial charge in [0.1, 0.15) is 17.6 Å². The van der Waals surface area contributed by atoms with Gasteiger partial charge < -0.3 is 15.0 Å². The quantitative estimate of drug-likeness (QED) is 0.373. The van der Waals surface area contributed by atoms with Gasteiger partial charge in [0.05, 0.1) is 0 Å². The highest BCUT2D eigenvalue weighted by Gasteiger charge is 2.31. The molecule has 6 heteroatoms. The fourth-order valence-corrected chi connectivity index (χ4v) is 4.16. The third kappa shape index (κ3) is 7.91. The van der Waals surface area contributed by atoms with Gasteiger partial charge in [0.2, 0.25) is 5.91 Å². The predicted octanol–water partition coefficient (Wildman–Crippen LogP) is 5.54. The van der Waals surface area contributed by atoms with E-state index in [0.717, 1.165) is 22.3 Å². The predicted molar refractivity (Wildman–Crippen MR) is 145 cm³/mol. The molecule has 5 nitrogen and oxygen atoms in total. The molecule has 0 saturated carbocycles. The molecule has 3 aromatic rings. The Morgan fingerprint density at radius 3 is 2.32 bits per heavy atom. The number of carbonyl (C=O) groups excluding carboxylic acids is 2. The fraction of sp³-hybridized carbons (Fsp3) is 0.355. The molecule has 0 radical (unpaired) electrons. The Morgan fingerprint density at radius 2 is 1.65 bits per heavy atom. The molecule has 0 aromatic heterocycles. The molecule has 0 spiro atoms. The first kappa shape index (κ1) is 27.9. The van der Waals surface area contributed by atoms with Crippen LogP contribution in [0.25, 0.3) is 0 Å². The molecule has 1 N–H and O–H groups in total. The van der Waals surface area contributed by atoms with Crippen LogP contribution < -0.4 is 10.1 Å². The van der Waals surface area contributed by atoms with E-state index in [2.05, 4.69) is 11.4 Å². The third-order valence-electron chi connectivity index (χ3n) is 6.37. The molecule has 1 atom stereocenters. The topological polar surface area (TPSA) is 58.6 Å². The standard InChI is InChI=1S/C31H37FN2O3/c1-21(2)18-33-31(36)28(17-25-11-7-6-8-12-25)34(19-26-13-9-10-14-27(26)32)30(35)20-37-29-16-22(3)15-23(4)24(29)5/h6-16,21,28H,17-20H2,1-5H3,(H,33,36)/t28-/m0/s1. The van der Waals surface area contributed by atoms with Gasteiger partial charge in [-0.1, -0.05) is 68.4 Å². The Morgan fingerprint density at radius 1 is 0.973 bits per heavy atom. The van der Waals surface area contributed by atoms with Crippen LogP contribution in [0.15, 0.2) is 66.7 Å². The van der Waals surface area contributed by atoms with Gasteiger partial charge in [-0.2, -0.15) is 0 Å². The number of carbonyl (C=O) groups is 2. The number of nitrogens with zero attached hydrogens (tertiary/aromatic N) is 1. The normalized spacial score (nSPS) is 11.8. The van der Waals surface area contributed by atoms with Crippen molar-refractivity contribution in [3.63, 3.8) is 0 Å².